The van der Waals surface area contributed by atoms with Crippen LogP contribution in [-0.2, 0) is 11.4 Å². The second-order valence-corrected chi connectivity index (χ2v) is 6.49. The number of hydrogen-bond acceptors (Lipinski definition) is 3. The van der Waals surface area contributed by atoms with Crippen LogP contribution in [0.5, 0.6) is 0 Å². The predicted molar refractivity (Wildman–Crippen MR) is 99.6 cm³/mol. The van der Waals surface area contributed by atoms with E-state index < -0.39 is 0 Å². The molecule has 0 aromatic heterocycles. The molecule has 25 heavy (non-hydrogen) atoms. The van der Waals surface area contributed by atoms with Crippen molar-refractivity contribution in [1.29, 1.82) is 0 Å². The van der Waals surface area contributed by atoms with Crippen molar-refractivity contribution < 1.29 is 14.7 Å². The average Bonchev–Trinajstić information content (AvgIpc) is 2.56. The Morgan fingerprint density at radius 3 is 2.48 bits per heavy atom. The highest BCUT2D eigenvalue weighted by atomic mass is 16.3. The molecule has 0 atom stereocenters. The predicted octanol–water partition coefficient (Wildman–Crippen LogP) is 3.72. The number of aliphatic hydroxyl groups is 1. The minimum Gasteiger partial charge on any atom is -0.392 e. The van der Waals surface area contributed by atoms with Crippen molar-refractivity contribution in [3.8, 4) is 0 Å². The number of rotatable bonds is 6. The molecule has 0 heterocycles. The topological polar surface area (TPSA) is 78.4 Å². The first kappa shape index (κ1) is 18.7. The van der Waals surface area contributed by atoms with Crippen molar-refractivity contribution in [2.75, 3.05) is 10.6 Å². The maximum Gasteiger partial charge on any atom is 0.255 e. The Bertz CT molecular complexity index is 769. The van der Waals surface area contributed by atoms with Crippen molar-refractivity contribution in [3.63, 3.8) is 0 Å². The summed E-state index contributed by atoms with van der Waals surface area (Å²) in [4.78, 5) is 24.3. The Balaban J connectivity index is 2.08. The standard InChI is InChI=1S/C20H24N2O3/c1-13(2)9-19(24)22-18-8-7-16(10-14(18)3)20(25)21-17-6-4-5-15(11-17)12-23/h4-8,10-11,13,23H,9,12H2,1-3H3,(H,21,25)(H,22,24). The van der Waals surface area contributed by atoms with E-state index in [1.807, 2.05) is 20.8 Å². The highest BCUT2D eigenvalue weighted by Gasteiger charge is 2.11. The maximum atomic E-state index is 12.4. The lowest BCUT2D eigenvalue weighted by Crippen LogP contribution is -2.16. The molecule has 3 N–H and O–H groups in total. The molecular weight excluding hydrogens is 316 g/mol. The summed E-state index contributed by atoms with van der Waals surface area (Å²) >= 11 is 0. The van der Waals surface area contributed by atoms with Gasteiger partial charge in [0.05, 0.1) is 6.61 Å². The zero-order chi connectivity index (χ0) is 18.4. The third-order valence-corrected chi connectivity index (χ3v) is 3.72. The van der Waals surface area contributed by atoms with Gasteiger partial charge in [-0.1, -0.05) is 26.0 Å². The van der Waals surface area contributed by atoms with Gasteiger partial charge in [-0.05, 0) is 54.3 Å². The fourth-order valence-electron chi connectivity index (χ4n) is 2.47. The first-order chi connectivity index (χ1) is 11.9. The van der Waals surface area contributed by atoms with Crippen LogP contribution >= 0.6 is 0 Å². The summed E-state index contributed by atoms with van der Waals surface area (Å²) in [6.07, 6.45) is 0.461. The van der Waals surface area contributed by atoms with Crippen LogP contribution in [0.1, 0.15) is 41.8 Å². The summed E-state index contributed by atoms with van der Waals surface area (Å²) in [6, 6.07) is 12.2. The molecule has 0 spiro atoms. The SMILES string of the molecule is Cc1cc(C(=O)Nc2cccc(CO)c2)ccc1NC(=O)CC(C)C. The van der Waals surface area contributed by atoms with Gasteiger partial charge in [0.2, 0.25) is 5.91 Å². The van der Waals surface area contributed by atoms with Crippen molar-refractivity contribution in [3.05, 3.63) is 59.2 Å². The van der Waals surface area contributed by atoms with Crippen molar-refractivity contribution >= 4 is 23.2 Å². The Hall–Kier alpha value is -2.66. The van der Waals surface area contributed by atoms with Crippen LogP contribution in [0, 0.1) is 12.8 Å². The lowest BCUT2D eigenvalue weighted by molar-refractivity contribution is -0.116. The Labute approximate surface area is 148 Å². The van der Waals surface area contributed by atoms with Crippen molar-refractivity contribution in [2.45, 2.75) is 33.8 Å². The maximum absolute atomic E-state index is 12.4. The number of carbonyl (C=O) groups excluding carboxylic acids is 2. The van der Waals surface area contributed by atoms with Gasteiger partial charge in [0.1, 0.15) is 0 Å². The number of aliphatic hydroxyl groups excluding tert-OH is 1. The van der Waals surface area contributed by atoms with Crippen LogP contribution in [0.25, 0.3) is 0 Å². The summed E-state index contributed by atoms with van der Waals surface area (Å²) < 4.78 is 0. The summed E-state index contributed by atoms with van der Waals surface area (Å²) in [5.41, 5.74) is 3.41. The molecule has 0 aliphatic heterocycles. The second kappa shape index (κ2) is 8.44. The van der Waals surface area contributed by atoms with E-state index in [9.17, 15) is 9.59 Å². The molecule has 2 rings (SSSR count). The summed E-state index contributed by atoms with van der Waals surface area (Å²) in [6.45, 7) is 5.76. The lowest BCUT2D eigenvalue weighted by Gasteiger charge is -2.12. The lowest BCUT2D eigenvalue weighted by atomic mass is 10.1. The zero-order valence-electron chi connectivity index (χ0n) is 14.8. The van der Waals surface area contributed by atoms with Gasteiger partial charge in [-0.25, -0.2) is 0 Å². The fourth-order valence-corrected chi connectivity index (χ4v) is 2.47. The van der Waals surface area contributed by atoms with Crippen LogP contribution < -0.4 is 10.6 Å². The smallest absolute Gasteiger partial charge is 0.255 e. The van der Waals surface area contributed by atoms with E-state index in [4.69, 9.17) is 5.11 Å². The average molecular weight is 340 g/mol. The van der Waals surface area contributed by atoms with E-state index in [1.165, 1.54) is 0 Å². The quantitative estimate of drug-likeness (QED) is 0.750. The molecule has 0 fully saturated rings. The molecule has 0 bridgehead atoms. The van der Waals surface area contributed by atoms with Gasteiger partial charge in [-0.15, -0.1) is 0 Å². The molecule has 132 valence electrons. The fraction of sp³-hybridized carbons (Fsp3) is 0.300. The molecule has 2 amide bonds. The highest BCUT2D eigenvalue weighted by Crippen LogP contribution is 2.19. The Morgan fingerprint density at radius 1 is 1.08 bits per heavy atom. The van der Waals surface area contributed by atoms with Crippen LogP contribution in [-0.4, -0.2) is 16.9 Å². The number of carbonyl (C=O) groups is 2. The normalized spacial score (nSPS) is 10.6. The monoisotopic (exact) mass is 340 g/mol. The van der Waals surface area contributed by atoms with Crippen LogP contribution in [0.15, 0.2) is 42.5 Å². The number of amides is 2. The largest absolute Gasteiger partial charge is 0.392 e. The summed E-state index contributed by atoms with van der Waals surface area (Å²) in [7, 11) is 0. The Morgan fingerprint density at radius 2 is 1.84 bits per heavy atom. The van der Waals surface area contributed by atoms with Gasteiger partial charge in [-0.3, -0.25) is 9.59 Å². The van der Waals surface area contributed by atoms with Gasteiger partial charge in [0.25, 0.3) is 5.91 Å². The highest BCUT2D eigenvalue weighted by molar-refractivity contribution is 6.05. The third-order valence-electron chi connectivity index (χ3n) is 3.72. The van der Waals surface area contributed by atoms with E-state index in [1.54, 1.807) is 42.5 Å². The minimum absolute atomic E-state index is 0.0314. The molecule has 2 aromatic rings. The number of anilines is 2. The summed E-state index contributed by atoms with van der Waals surface area (Å²) in [5, 5.41) is 14.8. The van der Waals surface area contributed by atoms with E-state index in [2.05, 4.69) is 10.6 Å². The van der Waals surface area contributed by atoms with E-state index in [0.717, 1.165) is 11.1 Å². The van der Waals surface area contributed by atoms with E-state index >= 15 is 0 Å². The number of nitrogens with one attached hydrogen (secondary N) is 2. The molecule has 0 radical (unpaired) electrons. The molecule has 5 nitrogen and oxygen atoms in total. The molecule has 0 saturated carbocycles. The first-order valence-corrected chi connectivity index (χ1v) is 8.30. The first-order valence-electron chi connectivity index (χ1n) is 8.30. The van der Waals surface area contributed by atoms with Gasteiger partial charge in [0, 0.05) is 23.4 Å². The molecule has 0 unspecified atom stereocenters. The van der Waals surface area contributed by atoms with Crippen LogP contribution in [0.4, 0.5) is 11.4 Å². The molecule has 5 heteroatoms. The molecule has 0 aliphatic rings. The third kappa shape index (κ3) is 5.43. The van der Waals surface area contributed by atoms with Crippen molar-refractivity contribution in [2.24, 2.45) is 5.92 Å². The number of aryl methyl sites for hydroxylation is 1. The second-order valence-electron chi connectivity index (χ2n) is 6.49. The summed E-state index contributed by atoms with van der Waals surface area (Å²) in [5.74, 6) is 0.0226. The number of hydrogen-bond donors (Lipinski definition) is 3. The van der Waals surface area contributed by atoms with Gasteiger partial charge < -0.3 is 15.7 Å². The molecule has 2 aromatic carbocycles. The van der Waals surface area contributed by atoms with E-state index in [-0.39, 0.29) is 18.4 Å². The molecular formula is C20H24N2O3. The van der Waals surface area contributed by atoms with E-state index in [0.29, 0.717) is 29.3 Å². The molecule has 0 saturated heterocycles. The Kier molecular flexibility index (Phi) is 6.31. The minimum atomic E-state index is -0.238. The van der Waals surface area contributed by atoms with Crippen LogP contribution in [0.3, 0.4) is 0 Å². The van der Waals surface area contributed by atoms with Gasteiger partial charge in [-0.2, -0.15) is 0 Å². The number of benzene rings is 2. The zero-order valence-corrected chi connectivity index (χ0v) is 14.8. The van der Waals surface area contributed by atoms with Crippen LogP contribution in [0.2, 0.25) is 0 Å². The van der Waals surface area contributed by atoms with Gasteiger partial charge in [0.15, 0.2) is 0 Å². The molecule has 0 aliphatic carbocycles. The van der Waals surface area contributed by atoms with Gasteiger partial charge >= 0.3 is 0 Å². The van der Waals surface area contributed by atoms with Crippen molar-refractivity contribution in [1.82, 2.24) is 0 Å².